The molecule has 1 aromatic heterocycles. The van der Waals surface area contributed by atoms with Crippen molar-refractivity contribution in [3.8, 4) is 0 Å². The summed E-state index contributed by atoms with van der Waals surface area (Å²) in [5.74, 6) is 0.114. The number of hydrogen-bond donors (Lipinski definition) is 1. The van der Waals surface area contributed by atoms with Crippen LogP contribution >= 0.6 is 22.9 Å². The quantitative estimate of drug-likeness (QED) is 0.891. The second-order valence-electron chi connectivity index (χ2n) is 3.43. The van der Waals surface area contributed by atoms with Crippen LogP contribution < -0.4 is 0 Å². The maximum Gasteiger partial charge on any atom is 0.147 e. The lowest BCUT2D eigenvalue weighted by molar-refractivity contribution is 0.170. The summed E-state index contributed by atoms with van der Waals surface area (Å²) in [7, 11) is -2.93. The van der Waals surface area contributed by atoms with Crippen LogP contribution in [0.1, 0.15) is 23.8 Å². The van der Waals surface area contributed by atoms with E-state index in [0.29, 0.717) is 17.2 Å². The van der Waals surface area contributed by atoms with Gasteiger partial charge in [-0.1, -0.05) is 11.6 Å². The Bertz CT molecular complexity index is 411. The van der Waals surface area contributed by atoms with Gasteiger partial charge in [0.25, 0.3) is 0 Å². The minimum Gasteiger partial charge on any atom is -0.388 e. The number of halogens is 1. The summed E-state index contributed by atoms with van der Waals surface area (Å²) < 4.78 is 22.3. The monoisotopic (exact) mass is 268 g/mol. The highest BCUT2D eigenvalue weighted by Gasteiger charge is 2.11. The Morgan fingerprint density at radius 1 is 1.53 bits per heavy atom. The van der Waals surface area contributed by atoms with Crippen LogP contribution in [0.5, 0.6) is 0 Å². The maximum absolute atomic E-state index is 10.9. The standard InChI is InChI=1S/C9H13ClO3S2/c1-15(12,13)6-2-3-7(11)8-4-5-9(10)14-8/h4-5,7,11H,2-3,6H2,1H3. The van der Waals surface area contributed by atoms with Gasteiger partial charge in [-0.15, -0.1) is 11.3 Å². The summed E-state index contributed by atoms with van der Waals surface area (Å²) in [6.45, 7) is 0. The van der Waals surface area contributed by atoms with Gasteiger partial charge in [-0.25, -0.2) is 8.42 Å². The predicted octanol–water partition coefficient (Wildman–Crippen LogP) is 2.26. The summed E-state index contributed by atoms with van der Waals surface area (Å²) >= 11 is 7.04. The van der Waals surface area contributed by atoms with Gasteiger partial charge in [0.05, 0.1) is 10.4 Å². The minimum atomic E-state index is -2.93. The van der Waals surface area contributed by atoms with Gasteiger partial charge in [-0.2, -0.15) is 0 Å². The lowest BCUT2D eigenvalue weighted by Gasteiger charge is -2.06. The Morgan fingerprint density at radius 2 is 2.20 bits per heavy atom. The van der Waals surface area contributed by atoms with Crippen LogP contribution in [0.15, 0.2) is 12.1 Å². The third-order valence-corrected chi connectivity index (χ3v) is 4.28. The van der Waals surface area contributed by atoms with E-state index in [4.69, 9.17) is 11.6 Å². The number of hydrogen-bond acceptors (Lipinski definition) is 4. The first kappa shape index (κ1) is 13.0. The second kappa shape index (κ2) is 5.30. The first-order chi connectivity index (χ1) is 6.88. The van der Waals surface area contributed by atoms with Gasteiger partial charge in [-0.3, -0.25) is 0 Å². The first-order valence-corrected chi connectivity index (χ1v) is 7.75. The molecule has 1 aromatic rings. The zero-order valence-electron chi connectivity index (χ0n) is 8.31. The van der Waals surface area contributed by atoms with Crippen LogP contribution in [0.2, 0.25) is 4.34 Å². The molecule has 1 unspecified atom stereocenters. The van der Waals surface area contributed by atoms with Gasteiger partial charge in [0.15, 0.2) is 0 Å². The SMILES string of the molecule is CS(=O)(=O)CCCC(O)c1ccc(Cl)s1. The summed E-state index contributed by atoms with van der Waals surface area (Å²) in [6.07, 6.45) is 1.50. The van der Waals surface area contributed by atoms with Gasteiger partial charge < -0.3 is 5.11 Å². The molecule has 0 aliphatic carbocycles. The summed E-state index contributed by atoms with van der Waals surface area (Å²) in [6, 6.07) is 3.49. The molecule has 86 valence electrons. The molecule has 1 N–H and O–H groups in total. The maximum atomic E-state index is 10.9. The molecule has 0 radical (unpaired) electrons. The first-order valence-electron chi connectivity index (χ1n) is 4.49. The molecule has 6 heteroatoms. The molecule has 1 atom stereocenters. The van der Waals surface area contributed by atoms with E-state index < -0.39 is 15.9 Å². The smallest absolute Gasteiger partial charge is 0.147 e. The molecule has 0 amide bonds. The lowest BCUT2D eigenvalue weighted by atomic mass is 10.2. The molecule has 0 aliphatic heterocycles. The van der Waals surface area contributed by atoms with Crippen LogP contribution in [-0.2, 0) is 9.84 Å². The Balaban J connectivity index is 2.40. The number of aliphatic hydroxyl groups is 1. The molecule has 1 rings (SSSR count). The van der Waals surface area contributed by atoms with E-state index in [1.54, 1.807) is 12.1 Å². The van der Waals surface area contributed by atoms with E-state index in [1.807, 2.05) is 0 Å². The summed E-state index contributed by atoms with van der Waals surface area (Å²) in [4.78, 5) is 0.786. The van der Waals surface area contributed by atoms with Crippen molar-refractivity contribution in [2.75, 3.05) is 12.0 Å². The van der Waals surface area contributed by atoms with Crippen molar-refractivity contribution in [3.63, 3.8) is 0 Å². The fourth-order valence-corrected chi connectivity index (χ4v) is 2.96. The molecule has 1 heterocycles. The molecule has 0 aromatic carbocycles. The topological polar surface area (TPSA) is 54.4 Å². The zero-order chi connectivity index (χ0) is 11.5. The number of rotatable bonds is 5. The number of thiophene rings is 1. The van der Waals surface area contributed by atoms with Crippen LogP contribution in [0.3, 0.4) is 0 Å². The van der Waals surface area contributed by atoms with E-state index >= 15 is 0 Å². The van der Waals surface area contributed by atoms with Gasteiger partial charge >= 0.3 is 0 Å². The summed E-state index contributed by atoms with van der Waals surface area (Å²) in [5.41, 5.74) is 0. The van der Waals surface area contributed by atoms with Crippen LogP contribution in [0, 0.1) is 0 Å². The van der Waals surface area contributed by atoms with Crippen molar-refractivity contribution in [2.45, 2.75) is 18.9 Å². The van der Waals surface area contributed by atoms with E-state index in [1.165, 1.54) is 17.6 Å². The summed E-state index contributed by atoms with van der Waals surface area (Å²) in [5, 5.41) is 9.69. The number of sulfone groups is 1. The van der Waals surface area contributed by atoms with Crippen LogP contribution in [-0.4, -0.2) is 25.5 Å². The lowest BCUT2D eigenvalue weighted by Crippen LogP contribution is -2.05. The molecule has 15 heavy (non-hydrogen) atoms. The van der Waals surface area contributed by atoms with Crippen molar-refractivity contribution in [1.29, 1.82) is 0 Å². The Hall–Kier alpha value is -0.100. The molecule has 0 bridgehead atoms. The van der Waals surface area contributed by atoms with Gasteiger partial charge in [0.1, 0.15) is 9.84 Å². The molecular formula is C9H13ClO3S2. The van der Waals surface area contributed by atoms with Crippen molar-refractivity contribution in [1.82, 2.24) is 0 Å². The van der Waals surface area contributed by atoms with E-state index in [9.17, 15) is 13.5 Å². The zero-order valence-corrected chi connectivity index (χ0v) is 10.7. The third-order valence-electron chi connectivity index (χ3n) is 1.92. The van der Waals surface area contributed by atoms with E-state index in [0.717, 1.165) is 4.88 Å². The fourth-order valence-electron chi connectivity index (χ4n) is 1.19. The second-order valence-corrected chi connectivity index (χ2v) is 7.44. The molecule has 3 nitrogen and oxygen atoms in total. The minimum absolute atomic E-state index is 0.114. The Labute approximate surface area is 98.6 Å². The Morgan fingerprint density at radius 3 is 2.67 bits per heavy atom. The fraction of sp³-hybridized carbons (Fsp3) is 0.556. The highest BCUT2D eigenvalue weighted by atomic mass is 35.5. The van der Waals surface area contributed by atoms with Crippen LogP contribution in [0.25, 0.3) is 0 Å². The largest absolute Gasteiger partial charge is 0.388 e. The van der Waals surface area contributed by atoms with Crippen molar-refractivity contribution in [3.05, 3.63) is 21.3 Å². The van der Waals surface area contributed by atoms with E-state index in [2.05, 4.69) is 0 Å². The molecule has 0 aliphatic rings. The van der Waals surface area contributed by atoms with Crippen molar-refractivity contribution < 1.29 is 13.5 Å². The van der Waals surface area contributed by atoms with Gasteiger partial charge in [0, 0.05) is 16.9 Å². The molecule has 0 fully saturated rings. The highest BCUT2D eigenvalue weighted by molar-refractivity contribution is 7.90. The van der Waals surface area contributed by atoms with Crippen molar-refractivity contribution in [2.24, 2.45) is 0 Å². The number of aliphatic hydroxyl groups excluding tert-OH is 1. The van der Waals surface area contributed by atoms with Crippen molar-refractivity contribution >= 4 is 32.8 Å². The molecule has 0 saturated heterocycles. The van der Waals surface area contributed by atoms with E-state index in [-0.39, 0.29) is 5.75 Å². The normalized spacial score (nSPS) is 14.1. The highest BCUT2D eigenvalue weighted by Crippen LogP contribution is 2.29. The van der Waals surface area contributed by atoms with Gasteiger partial charge in [-0.05, 0) is 25.0 Å². The third kappa shape index (κ3) is 4.97. The molecular weight excluding hydrogens is 256 g/mol. The van der Waals surface area contributed by atoms with Gasteiger partial charge in [0.2, 0.25) is 0 Å². The predicted molar refractivity (Wildman–Crippen MR) is 63.2 cm³/mol. The average Bonchev–Trinajstić information content (AvgIpc) is 2.49. The van der Waals surface area contributed by atoms with Crippen LogP contribution in [0.4, 0.5) is 0 Å². The Kier molecular flexibility index (Phi) is 4.58. The average molecular weight is 269 g/mol. The molecule has 0 saturated carbocycles. The molecule has 0 spiro atoms.